The van der Waals surface area contributed by atoms with E-state index in [2.05, 4.69) is 15.4 Å². The van der Waals surface area contributed by atoms with Crippen molar-refractivity contribution in [3.63, 3.8) is 0 Å². The van der Waals surface area contributed by atoms with Crippen molar-refractivity contribution in [3.8, 4) is 17.3 Å². The molecule has 0 bridgehead atoms. The molecule has 0 saturated carbocycles. The minimum absolute atomic E-state index is 0.0821. The Kier molecular flexibility index (Phi) is 6.16. The largest absolute Gasteiger partial charge is 0.493 e. The van der Waals surface area contributed by atoms with E-state index in [0.29, 0.717) is 24.2 Å². The van der Waals surface area contributed by atoms with Gasteiger partial charge in [-0.1, -0.05) is 17.7 Å². The first-order valence-electron chi connectivity index (χ1n) is 8.51. The molecule has 7 nitrogen and oxygen atoms in total. The zero-order valence-corrected chi connectivity index (χ0v) is 16.6. The zero-order chi connectivity index (χ0) is 21.9. The maximum absolute atomic E-state index is 12.7. The molecule has 3 aromatic rings. The number of anilines is 1. The highest BCUT2D eigenvalue weighted by atomic mass is 35.5. The third-order valence-electron chi connectivity index (χ3n) is 4.14. The first kappa shape index (κ1) is 21.4. The Morgan fingerprint density at radius 3 is 2.43 bits per heavy atom. The van der Waals surface area contributed by atoms with Crippen LogP contribution in [-0.4, -0.2) is 29.0 Å². The van der Waals surface area contributed by atoms with Gasteiger partial charge in [-0.05, 0) is 29.8 Å². The summed E-state index contributed by atoms with van der Waals surface area (Å²) in [5, 5.41) is 6.76. The van der Waals surface area contributed by atoms with Gasteiger partial charge in [-0.15, -0.1) is 0 Å². The number of nitrogens with zero attached hydrogens (tertiary/aromatic N) is 3. The smallest absolute Gasteiger partial charge is 0.417 e. The quantitative estimate of drug-likeness (QED) is 0.625. The SMILES string of the molecule is COc1ccc(CNc2cnn(-c3ccc(C(F)(F)F)cn3)c(=O)c2Cl)cc1OC. The molecule has 0 amide bonds. The predicted molar refractivity (Wildman–Crippen MR) is 105 cm³/mol. The van der Waals surface area contributed by atoms with E-state index < -0.39 is 17.3 Å². The molecule has 0 aliphatic heterocycles. The van der Waals surface area contributed by atoms with E-state index in [-0.39, 0.29) is 16.5 Å². The summed E-state index contributed by atoms with van der Waals surface area (Å²) < 4.78 is 49.2. The Morgan fingerprint density at radius 1 is 1.10 bits per heavy atom. The highest BCUT2D eigenvalue weighted by Gasteiger charge is 2.30. The molecule has 0 aliphatic rings. The molecule has 0 unspecified atom stereocenters. The summed E-state index contributed by atoms with van der Waals surface area (Å²) in [6, 6.07) is 7.17. The molecule has 2 heterocycles. The molecule has 0 atom stereocenters. The van der Waals surface area contributed by atoms with Gasteiger partial charge in [0.15, 0.2) is 17.3 Å². The molecular weight excluding hydrogens is 425 g/mol. The van der Waals surface area contributed by atoms with Crippen molar-refractivity contribution in [2.75, 3.05) is 19.5 Å². The van der Waals surface area contributed by atoms with Gasteiger partial charge in [0, 0.05) is 12.7 Å². The summed E-state index contributed by atoms with van der Waals surface area (Å²) in [5.41, 5.74) is -0.559. The predicted octanol–water partition coefficient (Wildman–Crippen LogP) is 3.93. The number of alkyl halides is 3. The summed E-state index contributed by atoms with van der Waals surface area (Å²) in [5.74, 6) is 1.04. The Bertz CT molecular complexity index is 1100. The second-order valence-corrected chi connectivity index (χ2v) is 6.41. The Morgan fingerprint density at radius 2 is 1.83 bits per heavy atom. The van der Waals surface area contributed by atoms with Crippen LogP contribution in [0.3, 0.4) is 0 Å². The average molecular weight is 441 g/mol. The lowest BCUT2D eigenvalue weighted by atomic mass is 10.2. The van der Waals surface area contributed by atoms with Crippen LogP contribution in [0.1, 0.15) is 11.1 Å². The molecule has 3 rings (SSSR count). The van der Waals surface area contributed by atoms with Crippen LogP contribution in [0.25, 0.3) is 5.82 Å². The van der Waals surface area contributed by atoms with E-state index in [1.165, 1.54) is 20.4 Å². The fraction of sp³-hybridized carbons (Fsp3) is 0.211. The number of hydrogen-bond acceptors (Lipinski definition) is 6. The number of benzene rings is 1. The van der Waals surface area contributed by atoms with Gasteiger partial charge in [-0.25, -0.2) is 4.98 Å². The monoisotopic (exact) mass is 440 g/mol. The van der Waals surface area contributed by atoms with Gasteiger partial charge in [0.05, 0.1) is 31.7 Å². The van der Waals surface area contributed by atoms with E-state index in [0.717, 1.165) is 22.4 Å². The molecule has 1 aromatic carbocycles. The topological polar surface area (TPSA) is 78.3 Å². The van der Waals surface area contributed by atoms with Crippen LogP contribution in [0, 0.1) is 0 Å². The third-order valence-corrected chi connectivity index (χ3v) is 4.51. The van der Waals surface area contributed by atoms with Crippen LogP contribution in [0.4, 0.5) is 18.9 Å². The lowest BCUT2D eigenvalue weighted by Crippen LogP contribution is -2.23. The number of nitrogens with one attached hydrogen (secondary N) is 1. The van der Waals surface area contributed by atoms with Crippen molar-refractivity contribution in [2.24, 2.45) is 0 Å². The second kappa shape index (κ2) is 8.62. The summed E-state index contributed by atoms with van der Waals surface area (Å²) in [6.45, 7) is 0.309. The molecule has 0 aliphatic carbocycles. The lowest BCUT2D eigenvalue weighted by molar-refractivity contribution is -0.137. The van der Waals surface area contributed by atoms with Crippen LogP contribution in [-0.2, 0) is 12.7 Å². The van der Waals surface area contributed by atoms with E-state index in [1.807, 2.05) is 6.07 Å². The Labute approximate surface area is 174 Å². The fourth-order valence-corrected chi connectivity index (χ4v) is 2.78. The van der Waals surface area contributed by atoms with Crippen molar-refractivity contribution in [1.29, 1.82) is 0 Å². The van der Waals surface area contributed by atoms with Gasteiger partial charge >= 0.3 is 6.18 Å². The molecule has 1 N–H and O–H groups in total. The van der Waals surface area contributed by atoms with Gasteiger partial charge < -0.3 is 14.8 Å². The number of halogens is 4. The zero-order valence-electron chi connectivity index (χ0n) is 15.8. The summed E-state index contributed by atoms with van der Waals surface area (Å²) in [4.78, 5) is 16.1. The molecule has 2 aromatic heterocycles. The molecule has 0 spiro atoms. The fourth-order valence-electron chi connectivity index (χ4n) is 2.59. The van der Waals surface area contributed by atoms with E-state index in [4.69, 9.17) is 21.1 Å². The van der Waals surface area contributed by atoms with Gasteiger partial charge in [-0.2, -0.15) is 23.0 Å². The highest BCUT2D eigenvalue weighted by molar-refractivity contribution is 6.32. The number of ether oxygens (including phenoxy) is 2. The second-order valence-electron chi connectivity index (χ2n) is 6.03. The highest BCUT2D eigenvalue weighted by Crippen LogP contribution is 2.29. The van der Waals surface area contributed by atoms with Gasteiger partial charge in [0.25, 0.3) is 5.56 Å². The average Bonchev–Trinajstić information content (AvgIpc) is 2.74. The maximum Gasteiger partial charge on any atom is 0.417 e. The maximum atomic E-state index is 12.7. The summed E-state index contributed by atoms with van der Waals surface area (Å²) >= 11 is 6.14. The normalized spacial score (nSPS) is 11.3. The minimum atomic E-state index is -4.53. The number of pyridine rings is 1. The van der Waals surface area contributed by atoms with Crippen molar-refractivity contribution in [3.05, 3.63) is 69.2 Å². The lowest BCUT2D eigenvalue weighted by Gasteiger charge is -2.12. The van der Waals surface area contributed by atoms with E-state index in [9.17, 15) is 18.0 Å². The Balaban J connectivity index is 1.81. The molecule has 30 heavy (non-hydrogen) atoms. The number of aromatic nitrogens is 3. The summed E-state index contributed by atoms with van der Waals surface area (Å²) in [7, 11) is 3.05. The number of hydrogen-bond donors (Lipinski definition) is 1. The van der Waals surface area contributed by atoms with E-state index in [1.54, 1.807) is 12.1 Å². The minimum Gasteiger partial charge on any atom is -0.493 e. The molecule has 158 valence electrons. The van der Waals surface area contributed by atoms with Crippen LogP contribution in [0.2, 0.25) is 5.02 Å². The van der Waals surface area contributed by atoms with Crippen molar-refractivity contribution in [2.45, 2.75) is 12.7 Å². The van der Waals surface area contributed by atoms with Gasteiger partial charge in [0.1, 0.15) is 5.02 Å². The van der Waals surface area contributed by atoms with Crippen LogP contribution in [0.5, 0.6) is 11.5 Å². The van der Waals surface area contributed by atoms with Gasteiger partial charge in [0.2, 0.25) is 0 Å². The number of methoxy groups -OCH3 is 2. The summed E-state index contributed by atoms with van der Waals surface area (Å²) in [6.07, 6.45) is -2.61. The van der Waals surface area contributed by atoms with Crippen molar-refractivity contribution in [1.82, 2.24) is 14.8 Å². The van der Waals surface area contributed by atoms with Crippen LogP contribution >= 0.6 is 11.6 Å². The Hall–Kier alpha value is -3.27. The molecule has 0 radical (unpaired) electrons. The third kappa shape index (κ3) is 4.48. The first-order chi connectivity index (χ1) is 14.2. The van der Waals surface area contributed by atoms with Crippen molar-refractivity contribution >= 4 is 17.3 Å². The standard InChI is InChI=1S/C19H16ClF3N4O3/c1-29-14-5-3-11(7-15(14)30-2)8-24-13-10-26-27(18(28)17(13)20)16-6-4-12(9-25-16)19(21,22)23/h3-7,9-10,24H,8H2,1-2H3. The van der Waals surface area contributed by atoms with Crippen LogP contribution < -0.4 is 20.3 Å². The van der Waals surface area contributed by atoms with Crippen LogP contribution in [0.15, 0.2) is 47.5 Å². The first-order valence-corrected chi connectivity index (χ1v) is 8.88. The molecule has 0 saturated heterocycles. The van der Waals surface area contributed by atoms with Gasteiger partial charge in [-0.3, -0.25) is 4.79 Å². The molecule has 11 heteroatoms. The van der Waals surface area contributed by atoms with Crippen molar-refractivity contribution < 1.29 is 22.6 Å². The number of rotatable bonds is 6. The molecular formula is C19H16ClF3N4O3. The van der Waals surface area contributed by atoms with E-state index >= 15 is 0 Å². The molecule has 0 fully saturated rings.